The van der Waals surface area contributed by atoms with E-state index < -0.39 is 0 Å². The topological polar surface area (TPSA) is 63.6 Å². The van der Waals surface area contributed by atoms with Crippen molar-refractivity contribution in [3.63, 3.8) is 0 Å². The lowest BCUT2D eigenvalue weighted by atomic mass is 10.1. The Bertz CT molecular complexity index is 926. The first-order chi connectivity index (χ1) is 10.8. The molecule has 0 aliphatic carbocycles. The Labute approximate surface area is 138 Å². The molecule has 0 radical (unpaired) electrons. The number of hydrogen-bond donors (Lipinski definition) is 1. The minimum atomic E-state index is -0.127. The van der Waals surface area contributed by atoms with Crippen LogP contribution in [0, 0.1) is 0 Å². The number of imidazole rings is 1. The molecule has 0 amide bonds. The molecule has 0 aliphatic heterocycles. The Kier molecular flexibility index (Phi) is 3.33. The number of rotatable bonds is 3. The zero-order valence-electron chi connectivity index (χ0n) is 11.2. The molecule has 5 nitrogen and oxygen atoms in total. The largest absolute Gasteiger partial charge is 0.462 e. The third-order valence-electron chi connectivity index (χ3n) is 3.28. The number of aliphatic hydroxyl groups excluding tert-OH is 1. The number of aliphatic hydroxyl groups is 1. The Morgan fingerprint density at radius 2 is 2.05 bits per heavy atom. The first-order valence-electron chi connectivity index (χ1n) is 6.55. The molecular weight excluding hydrogens is 366 g/mol. The van der Waals surface area contributed by atoms with E-state index in [9.17, 15) is 5.11 Å². The molecule has 4 rings (SSSR count). The van der Waals surface area contributed by atoms with Gasteiger partial charge in [-0.15, -0.1) is 0 Å². The molecule has 0 fully saturated rings. The second-order valence-electron chi connectivity index (χ2n) is 4.65. The zero-order chi connectivity index (χ0) is 15.1. The van der Waals surface area contributed by atoms with Gasteiger partial charge in [-0.05, 0) is 24.3 Å². The lowest BCUT2D eigenvalue weighted by Gasteiger charge is -2.02. The van der Waals surface area contributed by atoms with Gasteiger partial charge in [0.05, 0.1) is 24.3 Å². The van der Waals surface area contributed by atoms with Crippen molar-refractivity contribution < 1.29 is 9.52 Å². The molecule has 3 aromatic heterocycles. The minimum absolute atomic E-state index is 0.127. The molecule has 0 spiro atoms. The maximum absolute atomic E-state index is 9.58. The molecule has 0 aliphatic rings. The molecule has 0 atom stereocenters. The zero-order valence-corrected chi connectivity index (χ0v) is 13.6. The molecule has 22 heavy (non-hydrogen) atoms. The van der Waals surface area contributed by atoms with Crippen molar-refractivity contribution in [3.05, 3.63) is 52.8 Å². The average molecular weight is 376 g/mol. The maximum atomic E-state index is 9.58. The van der Waals surface area contributed by atoms with Crippen molar-refractivity contribution in [3.8, 4) is 22.0 Å². The van der Waals surface area contributed by atoms with Gasteiger partial charge in [0.1, 0.15) is 0 Å². The van der Waals surface area contributed by atoms with Crippen LogP contribution >= 0.6 is 27.3 Å². The highest BCUT2D eigenvalue weighted by molar-refractivity contribution is 9.10. The van der Waals surface area contributed by atoms with Gasteiger partial charge in [-0.1, -0.05) is 39.4 Å². The summed E-state index contributed by atoms with van der Waals surface area (Å²) in [7, 11) is 0. The summed E-state index contributed by atoms with van der Waals surface area (Å²) >= 11 is 4.86. The van der Waals surface area contributed by atoms with E-state index in [1.807, 2.05) is 36.4 Å². The van der Waals surface area contributed by atoms with Crippen LogP contribution < -0.4 is 0 Å². The quantitative estimate of drug-likeness (QED) is 0.588. The molecule has 4 aromatic rings. The van der Waals surface area contributed by atoms with Crippen molar-refractivity contribution in [1.82, 2.24) is 14.6 Å². The summed E-state index contributed by atoms with van der Waals surface area (Å²) in [6.45, 7) is -0.127. The van der Waals surface area contributed by atoms with Gasteiger partial charge in [0, 0.05) is 10.0 Å². The molecule has 0 saturated carbocycles. The van der Waals surface area contributed by atoms with Gasteiger partial charge in [-0.2, -0.15) is 5.10 Å². The summed E-state index contributed by atoms with van der Waals surface area (Å²) in [5.41, 5.74) is 2.38. The highest BCUT2D eigenvalue weighted by Gasteiger charge is 2.19. The molecule has 1 N–H and O–H groups in total. The lowest BCUT2D eigenvalue weighted by Crippen LogP contribution is -1.93. The Hall–Kier alpha value is -1.96. The van der Waals surface area contributed by atoms with Crippen LogP contribution in [0.4, 0.5) is 0 Å². The van der Waals surface area contributed by atoms with Gasteiger partial charge in [0.2, 0.25) is 4.96 Å². The number of benzene rings is 1. The standard InChI is InChI=1S/C15H10BrN3O2S/c16-10-5-3-9(4-6-10)13-11(8-20)17-15-19(13)18-14(22-15)12-2-1-7-21-12/h1-7,20H,8H2. The molecular formula is C15H10BrN3O2S. The second-order valence-corrected chi connectivity index (χ2v) is 6.52. The van der Waals surface area contributed by atoms with Gasteiger partial charge < -0.3 is 9.52 Å². The average Bonchev–Trinajstić information content (AvgIpc) is 3.22. The van der Waals surface area contributed by atoms with Gasteiger partial charge >= 0.3 is 0 Å². The highest BCUT2D eigenvalue weighted by atomic mass is 79.9. The van der Waals surface area contributed by atoms with Crippen molar-refractivity contribution in [1.29, 1.82) is 0 Å². The first-order valence-corrected chi connectivity index (χ1v) is 8.16. The molecule has 0 saturated heterocycles. The number of aromatic nitrogens is 3. The van der Waals surface area contributed by atoms with E-state index in [1.165, 1.54) is 11.3 Å². The molecule has 7 heteroatoms. The number of fused-ring (bicyclic) bond motifs is 1. The first kappa shape index (κ1) is 13.7. The van der Waals surface area contributed by atoms with Crippen molar-refractivity contribution in [2.75, 3.05) is 0 Å². The minimum Gasteiger partial charge on any atom is -0.462 e. The normalized spacial score (nSPS) is 11.4. The molecule has 110 valence electrons. The number of nitrogens with zero attached hydrogens (tertiary/aromatic N) is 3. The van der Waals surface area contributed by atoms with E-state index >= 15 is 0 Å². The number of halogens is 1. The third-order valence-corrected chi connectivity index (χ3v) is 4.73. The summed E-state index contributed by atoms with van der Waals surface area (Å²) in [5, 5.41) is 14.9. The van der Waals surface area contributed by atoms with E-state index in [0.29, 0.717) is 11.5 Å². The van der Waals surface area contributed by atoms with E-state index in [-0.39, 0.29) is 6.61 Å². The summed E-state index contributed by atoms with van der Waals surface area (Å²) in [6.07, 6.45) is 1.62. The van der Waals surface area contributed by atoms with Gasteiger partial charge in [0.25, 0.3) is 0 Å². The summed E-state index contributed by atoms with van der Waals surface area (Å²) in [4.78, 5) is 5.21. The number of hydrogen-bond acceptors (Lipinski definition) is 5. The highest BCUT2D eigenvalue weighted by Crippen LogP contribution is 2.32. The molecule has 0 unspecified atom stereocenters. The third kappa shape index (κ3) is 2.18. The van der Waals surface area contributed by atoms with Crippen LogP contribution in [0.3, 0.4) is 0 Å². The lowest BCUT2D eigenvalue weighted by molar-refractivity contribution is 0.278. The SMILES string of the molecule is OCc1nc2sc(-c3ccco3)nn2c1-c1ccc(Br)cc1. The van der Waals surface area contributed by atoms with Crippen molar-refractivity contribution in [2.24, 2.45) is 0 Å². The Morgan fingerprint density at radius 3 is 2.73 bits per heavy atom. The van der Waals surface area contributed by atoms with Crippen LogP contribution in [0.2, 0.25) is 0 Å². The van der Waals surface area contributed by atoms with Crippen molar-refractivity contribution in [2.45, 2.75) is 6.61 Å². The predicted molar refractivity (Wildman–Crippen MR) is 87.6 cm³/mol. The molecule has 1 aromatic carbocycles. The van der Waals surface area contributed by atoms with Crippen LogP contribution in [0.25, 0.3) is 27.0 Å². The van der Waals surface area contributed by atoms with E-state index in [2.05, 4.69) is 26.0 Å². The van der Waals surface area contributed by atoms with Gasteiger partial charge in [-0.3, -0.25) is 0 Å². The predicted octanol–water partition coefficient (Wildman–Crippen LogP) is 3.97. The van der Waals surface area contributed by atoms with Crippen LogP contribution in [0.5, 0.6) is 0 Å². The van der Waals surface area contributed by atoms with Crippen LogP contribution in [0.1, 0.15) is 5.69 Å². The van der Waals surface area contributed by atoms with Crippen LogP contribution in [-0.2, 0) is 6.61 Å². The molecule has 0 bridgehead atoms. The fourth-order valence-corrected chi connectivity index (χ4v) is 3.45. The van der Waals surface area contributed by atoms with Crippen molar-refractivity contribution >= 4 is 32.2 Å². The summed E-state index contributed by atoms with van der Waals surface area (Å²) in [5.74, 6) is 0.711. The van der Waals surface area contributed by atoms with Crippen LogP contribution in [-0.4, -0.2) is 19.7 Å². The summed E-state index contributed by atoms with van der Waals surface area (Å²) < 4.78 is 8.15. The van der Waals surface area contributed by atoms with E-state index in [0.717, 1.165) is 25.7 Å². The molecule has 3 heterocycles. The number of furan rings is 1. The Balaban J connectivity index is 1.93. The maximum Gasteiger partial charge on any atom is 0.213 e. The van der Waals surface area contributed by atoms with Gasteiger partial charge in [0.15, 0.2) is 10.8 Å². The fourth-order valence-electron chi connectivity index (χ4n) is 2.30. The van der Waals surface area contributed by atoms with E-state index in [4.69, 9.17) is 4.42 Å². The fraction of sp³-hybridized carbons (Fsp3) is 0.0667. The van der Waals surface area contributed by atoms with E-state index in [1.54, 1.807) is 10.8 Å². The second kappa shape index (κ2) is 5.35. The Morgan fingerprint density at radius 1 is 1.23 bits per heavy atom. The summed E-state index contributed by atoms with van der Waals surface area (Å²) in [6, 6.07) is 11.5. The monoisotopic (exact) mass is 375 g/mol. The van der Waals surface area contributed by atoms with Crippen LogP contribution in [0.15, 0.2) is 51.6 Å². The smallest absolute Gasteiger partial charge is 0.213 e. The van der Waals surface area contributed by atoms with Gasteiger partial charge in [-0.25, -0.2) is 9.50 Å².